The van der Waals surface area contributed by atoms with Gasteiger partial charge in [0.05, 0.1) is 6.10 Å². The van der Waals surface area contributed by atoms with Gasteiger partial charge in [-0.15, -0.1) is 0 Å². The van der Waals surface area contributed by atoms with Gasteiger partial charge in [0.15, 0.2) is 0 Å². The van der Waals surface area contributed by atoms with Gasteiger partial charge in [0, 0.05) is 4.43 Å². The Labute approximate surface area is 200 Å². The highest BCUT2D eigenvalue weighted by molar-refractivity contribution is 14.1. The van der Waals surface area contributed by atoms with Gasteiger partial charge in [0.25, 0.3) is 0 Å². The van der Waals surface area contributed by atoms with Crippen molar-refractivity contribution in [3.05, 3.63) is 11.1 Å². The van der Waals surface area contributed by atoms with Crippen LogP contribution in [0.4, 0.5) is 0 Å². The lowest BCUT2D eigenvalue weighted by molar-refractivity contribution is -0.0594. The highest BCUT2D eigenvalue weighted by Gasteiger charge is 2.59. The number of halogens is 1. The van der Waals surface area contributed by atoms with Crippen LogP contribution in [-0.4, -0.2) is 15.6 Å². The minimum Gasteiger partial charge on any atom is -0.393 e. The first-order valence-electron chi connectivity index (χ1n) is 13.2. The third-order valence-electron chi connectivity index (χ3n) is 10.7. The molecule has 0 aromatic rings. The van der Waals surface area contributed by atoms with E-state index in [1.54, 1.807) is 11.1 Å². The molecule has 4 aliphatic carbocycles. The Morgan fingerprint density at radius 3 is 2.43 bits per heavy atom. The van der Waals surface area contributed by atoms with Crippen molar-refractivity contribution >= 4 is 22.6 Å². The molecule has 0 bridgehead atoms. The number of fused-ring (bicyclic) bond motifs is 5. The van der Waals surface area contributed by atoms with E-state index in [4.69, 9.17) is 0 Å². The Bertz CT molecular complexity index is 653. The van der Waals surface area contributed by atoms with E-state index in [-0.39, 0.29) is 6.10 Å². The van der Waals surface area contributed by atoms with Crippen LogP contribution < -0.4 is 0 Å². The zero-order valence-corrected chi connectivity index (χ0v) is 22.5. The smallest absolute Gasteiger partial charge is 0.0578 e. The summed E-state index contributed by atoms with van der Waals surface area (Å²) >= 11 is 2.61. The average molecular weight is 527 g/mol. The van der Waals surface area contributed by atoms with Crippen molar-refractivity contribution in [1.82, 2.24) is 0 Å². The molecule has 0 aromatic carbocycles. The zero-order chi connectivity index (χ0) is 21.7. The second-order valence-electron chi connectivity index (χ2n) is 12.6. The van der Waals surface area contributed by atoms with Gasteiger partial charge in [-0.25, -0.2) is 0 Å². The van der Waals surface area contributed by atoms with Gasteiger partial charge in [-0.2, -0.15) is 0 Å². The molecular formula is C28H47IO. The molecule has 3 saturated carbocycles. The van der Waals surface area contributed by atoms with Gasteiger partial charge in [0.2, 0.25) is 0 Å². The lowest BCUT2D eigenvalue weighted by Crippen LogP contribution is -2.51. The molecule has 0 radical (unpaired) electrons. The number of aliphatic hydroxyl groups excluding tert-OH is 1. The molecule has 1 unspecified atom stereocenters. The minimum absolute atomic E-state index is 0.0843. The second-order valence-corrected chi connectivity index (χ2v) is 13.4. The minimum atomic E-state index is -0.0843. The predicted octanol–water partition coefficient (Wildman–Crippen LogP) is 8.19. The summed E-state index contributed by atoms with van der Waals surface area (Å²) in [7, 11) is 0. The second kappa shape index (κ2) is 8.99. The van der Waals surface area contributed by atoms with E-state index in [1.165, 1.54) is 62.2 Å². The van der Waals surface area contributed by atoms with Crippen LogP contribution in [0.2, 0.25) is 0 Å². The Balaban J connectivity index is 1.55. The quantitative estimate of drug-likeness (QED) is 0.210. The van der Waals surface area contributed by atoms with Gasteiger partial charge >= 0.3 is 0 Å². The third kappa shape index (κ3) is 3.97. The summed E-state index contributed by atoms with van der Waals surface area (Å²) in [6.45, 7) is 12.6. The van der Waals surface area contributed by atoms with Gasteiger partial charge in [-0.1, -0.05) is 87.6 Å². The lowest BCUT2D eigenvalue weighted by atomic mass is 9.46. The summed E-state index contributed by atoms with van der Waals surface area (Å²) in [5.41, 5.74) is 4.38. The molecular weight excluding hydrogens is 479 g/mol. The molecule has 0 saturated heterocycles. The molecule has 0 heterocycles. The summed E-state index contributed by atoms with van der Waals surface area (Å²) in [6.07, 6.45) is 14.6. The first-order valence-corrected chi connectivity index (χ1v) is 14.7. The fourth-order valence-electron chi connectivity index (χ4n) is 9.08. The maximum atomic E-state index is 10.4. The molecule has 2 heteroatoms. The van der Waals surface area contributed by atoms with Crippen LogP contribution in [-0.2, 0) is 0 Å². The van der Waals surface area contributed by atoms with E-state index in [1.807, 2.05) is 0 Å². The van der Waals surface area contributed by atoms with E-state index < -0.39 is 0 Å². The lowest BCUT2D eigenvalue weighted by Gasteiger charge is -2.59. The molecule has 8 atom stereocenters. The van der Waals surface area contributed by atoms with Gasteiger partial charge in [-0.05, 0) is 97.7 Å². The Morgan fingerprint density at radius 1 is 0.967 bits per heavy atom. The normalized spacial score (nSPS) is 44.6. The van der Waals surface area contributed by atoms with Crippen LogP contribution >= 0.6 is 22.6 Å². The van der Waals surface area contributed by atoms with Gasteiger partial charge in [0.1, 0.15) is 0 Å². The molecule has 4 aliphatic rings. The molecule has 0 aliphatic heterocycles. The summed E-state index contributed by atoms with van der Waals surface area (Å²) in [5.74, 6) is 5.42. The average Bonchev–Trinajstić information content (AvgIpc) is 3.05. The van der Waals surface area contributed by atoms with Crippen LogP contribution in [0.1, 0.15) is 105 Å². The van der Waals surface area contributed by atoms with Crippen molar-refractivity contribution in [2.45, 2.75) is 111 Å². The zero-order valence-electron chi connectivity index (χ0n) is 20.4. The van der Waals surface area contributed by atoms with Crippen LogP contribution in [0.25, 0.3) is 0 Å². The number of allylic oxidation sites excluding steroid dienone is 1. The summed E-state index contributed by atoms with van der Waals surface area (Å²) < 4.78 is 1.18. The van der Waals surface area contributed by atoms with Crippen LogP contribution in [0.3, 0.4) is 0 Å². The molecule has 0 spiro atoms. The SMILES string of the molecule is CC(C)CCC[C@@H](C)[C@H]1CC[C@H]2[C@@H]3CC(CI)=C4CC(O)CC[C@]4(C)[C@H]3CC[C@]12C. The van der Waals surface area contributed by atoms with E-state index in [0.29, 0.717) is 10.8 Å². The van der Waals surface area contributed by atoms with E-state index in [9.17, 15) is 5.11 Å². The van der Waals surface area contributed by atoms with Crippen molar-refractivity contribution in [3.63, 3.8) is 0 Å². The molecule has 30 heavy (non-hydrogen) atoms. The van der Waals surface area contributed by atoms with E-state index >= 15 is 0 Å². The van der Waals surface area contributed by atoms with Gasteiger partial charge in [-0.3, -0.25) is 0 Å². The predicted molar refractivity (Wildman–Crippen MR) is 137 cm³/mol. The number of hydrogen-bond acceptors (Lipinski definition) is 1. The van der Waals surface area contributed by atoms with Crippen LogP contribution in [0.15, 0.2) is 11.1 Å². The number of alkyl halides is 1. The number of aliphatic hydroxyl groups is 1. The van der Waals surface area contributed by atoms with Crippen molar-refractivity contribution in [3.8, 4) is 0 Å². The summed E-state index contributed by atoms with van der Waals surface area (Å²) in [5, 5.41) is 10.4. The highest BCUT2D eigenvalue weighted by Crippen LogP contribution is 2.68. The monoisotopic (exact) mass is 526 g/mol. The van der Waals surface area contributed by atoms with Crippen molar-refractivity contribution < 1.29 is 5.11 Å². The maximum Gasteiger partial charge on any atom is 0.0578 e. The largest absolute Gasteiger partial charge is 0.393 e. The highest BCUT2D eigenvalue weighted by atomic mass is 127. The first-order chi connectivity index (χ1) is 14.2. The molecule has 4 rings (SSSR count). The number of rotatable bonds is 6. The van der Waals surface area contributed by atoms with E-state index in [0.717, 1.165) is 48.3 Å². The van der Waals surface area contributed by atoms with Crippen molar-refractivity contribution in [2.24, 2.45) is 46.3 Å². The molecule has 0 aromatic heterocycles. The van der Waals surface area contributed by atoms with Crippen molar-refractivity contribution in [2.75, 3.05) is 4.43 Å². The Hall–Kier alpha value is 0.430. The molecule has 1 nitrogen and oxygen atoms in total. The van der Waals surface area contributed by atoms with Crippen molar-refractivity contribution in [1.29, 1.82) is 0 Å². The number of hydrogen-bond donors (Lipinski definition) is 1. The fraction of sp³-hybridized carbons (Fsp3) is 0.929. The third-order valence-corrected chi connectivity index (χ3v) is 11.6. The standard InChI is InChI=1S/C28H47IO/c1-18(2)7-6-8-19(3)23-9-10-24-22-15-20(17-29)26-16-21(30)11-13-28(26,5)25(22)12-14-27(23,24)4/h18-19,21-25,30H,6-17H2,1-5H3/t19-,21?,22+,23-,24+,25+,27-,28-/m1/s1. The van der Waals surface area contributed by atoms with Crippen LogP contribution in [0, 0.1) is 46.3 Å². The van der Waals surface area contributed by atoms with Crippen LogP contribution in [0.5, 0.6) is 0 Å². The molecule has 3 fully saturated rings. The molecule has 1 N–H and O–H groups in total. The maximum absolute atomic E-state index is 10.4. The summed E-state index contributed by atoms with van der Waals surface area (Å²) in [4.78, 5) is 0. The topological polar surface area (TPSA) is 20.2 Å². The van der Waals surface area contributed by atoms with E-state index in [2.05, 4.69) is 57.2 Å². The Morgan fingerprint density at radius 2 is 1.73 bits per heavy atom. The molecule has 0 amide bonds. The summed E-state index contributed by atoms with van der Waals surface area (Å²) in [6, 6.07) is 0. The molecule has 172 valence electrons. The first kappa shape index (κ1) is 23.6. The fourth-order valence-corrected chi connectivity index (χ4v) is 9.85. The Kier molecular flexibility index (Phi) is 7.07. The van der Waals surface area contributed by atoms with Gasteiger partial charge < -0.3 is 5.11 Å².